The van der Waals surface area contributed by atoms with E-state index in [0.29, 0.717) is 19.1 Å². The van der Waals surface area contributed by atoms with Gasteiger partial charge in [-0.15, -0.1) is 0 Å². The van der Waals surface area contributed by atoms with Crippen molar-refractivity contribution in [1.82, 2.24) is 0 Å². The summed E-state index contributed by atoms with van der Waals surface area (Å²) in [7, 11) is 1.65. The van der Waals surface area contributed by atoms with E-state index in [1.54, 1.807) is 7.11 Å². The molecule has 1 saturated carbocycles. The molecule has 0 radical (unpaired) electrons. The Morgan fingerprint density at radius 3 is 2.80 bits per heavy atom. The van der Waals surface area contributed by atoms with Gasteiger partial charge in [-0.1, -0.05) is 18.9 Å². The first-order chi connectivity index (χ1) is 9.78. The third-order valence-electron chi connectivity index (χ3n) is 3.62. The second-order valence-corrected chi connectivity index (χ2v) is 5.35. The molecule has 110 valence electrons. The number of nitrogens with one attached hydrogen (secondary N) is 2. The number of anilines is 2. The van der Waals surface area contributed by atoms with Gasteiger partial charge in [-0.2, -0.15) is 0 Å². The third kappa shape index (κ3) is 4.85. The Morgan fingerprint density at radius 1 is 1.30 bits per heavy atom. The van der Waals surface area contributed by atoms with Crippen LogP contribution in [-0.2, 0) is 9.53 Å². The number of amides is 1. The van der Waals surface area contributed by atoms with Gasteiger partial charge in [0.1, 0.15) is 0 Å². The van der Waals surface area contributed by atoms with Crippen molar-refractivity contribution in [3.05, 3.63) is 24.3 Å². The van der Waals surface area contributed by atoms with E-state index in [2.05, 4.69) is 16.7 Å². The van der Waals surface area contributed by atoms with Crippen LogP contribution in [0.15, 0.2) is 24.3 Å². The molecule has 1 aromatic rings. The number of hydrogen-bond acceptors (Lipinski definition) is 3. The maximum absolute atomic E-state index is 11.8. The van der Waals surface area contributed by atoms with Gasteiger partial charge in [-0.3, -0.25) is 4.79 Å². The van der Waals surface area contributed by atoms with Gasteiger partial charge >= 0.3 is 0 Å². The van der Waals surface area contributed by atoms with E-state index in [-0.39, 0.29) is 5.91 Å². The van der Waals surface area contributed by atoms with E-state index in [1.165, 1.54) is 25.7 Å². The Bertz CT molecular complexity index is 428. The Balaban J connectivity index is 1.83. The molecule has 0 atom stereocenters. The van der Waals surface area contributed by atoms with E-state index in [4.69, 9.17) is 4.74 Å². The van der Waals surface area contributed by atoms with Crippen LogP contribution in [0.4, 0.5) is 11.4 Å². The summed E-state index contributed by atoms with van der Waals surface area (Å²) >= 11 is 0. The van der Waals surface area contributed by atoms with Crippen molar-refractivity contribution in [2.24, 2.45) is 0 Å². The van der Waals surface area contributed by atoms with E-state index in [0.717, 1.165) is 17.8 Å². The highest BCUT2D eigenvalue weighted by Crippen LogP contribution is 2.23. The second kappa shape index (κ2) is 7.90. The summed E-state index contributed by atoms with van der Waals surface area (Å²) in [5, 5.41) is 6.47. The molecule has 1 aliphatic carbocycles. The molecule has 1 aliphatic rings. The summed E-state index contributed by atoms with van der Waals surface area (Å²) in [6.45, 7) is 0.622. The molecule has 0 aliphatic heterocycles. The zero-order valence-corrected chi connectivity index (χ0v) is 12.2. The normalized spacial score (nSPS) is 15.2. The molecular weight excluding hydrogens is 252 g/mol. The topological polar surface area (TPSA) is 50.4 Å². The van der Waals surface area contributed by atoms with Crippen molar-refractivity contribution in [2.45, 2.75) is 44.6 Å². The van der Waals surface area contributed by atoms with E-state index < -0.39 is 0 Å². The van der Waals surface area contributed by atoms with Crippen LogP contribution < -0.4 is 10.6 Å². The van der Waals surface area contributed by atoms with Gasteiger partial charge < -0.3 is 15.4 Å². The fraction of sp³-hybridized carbons (Fsp3) is 0.562. The zero-order chi connectivity index (χ0) is 14.2. The fourth-order valence-electron chi connectivity index (χ4n) is 2.59. The van der Waals surface area contributed by atoms with Gasteiger partial charge in [0.2, 0.25) is 5.91 Å². The molecule has 2 rings (SSSR count). The van der Waals surface area contributed by atoms with Crippen molar-refractivity contribution >= 4 is 17.3 Å². The summed E-state index contributed by atoms with van der Waals surface area (Å²) < 4.78 is 4.95. The molecule has 0 heterocycles. The predicted molar refractivity (Wildman–Crippen MR) is 82.1 cm³/mol. The molecule has 0 aromatic heterocycles. The van der Waals surface area contributed by atoms with Crippen LogP contribution in [0.5, 0.6) is 0 Å². The third-order valence-corrected chi connectivity index (χ3v) is 3.62. The van der Waals surface area contributed by atoms with E-state index >= 15 is 0 Å². The standard InChI is InChI=1S/C16H24N2O2/c1-20-11-5-10-16(19)18-15-9-4-8-14(12-15)17-13-6-2-3-7-13/h4,8-9,12-13,17H,2-3,5-7,10-11H2,1H3,(H,18,19). The van der Waals surface area contributed by atoms with Gasteiger partial charge in [-0.25, -0.2) is 0 Å². The minimum Gasteiger partial charge on any atom is -0.385 e. The molecule has 4 nitrogen and oxygen atoms in total. The van der Waals surface area contributed by atoms with Crippen molar-refractivity contribution < 1.29 is 9.53 Å². The summed E-state index contributed by atoms with van der Waals surface area (Å²) in [6.07, 6.45) is 6.36. The summed E-state index contributed by atoms with van der Waals surface area (Å²) in [4.78, 5) is 11.8. The lowest BCUT2D eigenvalue weighted by Crippen LogP contribution is -2.15. The van der Waals surface area contributed by atoms with Crippen LogP contribution in [0.3, 0.4) is 0 Å². The Labute approximate surface area is 120 Å². The summed E-state index contributed by atoms with van der Waals surface area (Å²) in [5.74, 6) is 0.0417. The smallest absolute Gasteiger partial charge is 0.224 e. The number of carbonyl (C=O) groups excluding carboxylic acids is 1. The molecule has 2 N–H and O–H groups in total. The van der Waals surface area contributed by atoms with Gasteiger partial charge in [0.05, 0.1) is 0 Å². The fourth-order valence-corrected chi connectivity index (χ4v) is 2.59. The van der Waals surface area contributed by atoms with E-state index in [1.807, 2.05) is 18.2 Å². The summed E-state index contributed by atoms with van der Waals surface area (Å²) in [5.41, 5.74) is 1.95. The maximum Gasteiger partial charge on any atom is 0.224 e. The van der Waals surface area contributed by atoms with Crippen LogP contribution in [-0.4, -0.2) is 25.7 Å². The highest BCUT2D eigenvalue weighted by molar-refractivity contribution is 5.91. The molecule has 4 heteroatoms. The Morgan fingerprint density at radius 2 is 2.05 bits per heavy atom. The molecule has 1 aromatic carbocycles. The van der Waals surface area contributed by atoms with Crippen molar-refractivity contribution in [2.75, 3.05) is 24.4 Å². The first kappa shape index (κ1) is 14.9. The van der Waals surface area contributed by atoms with Crippen LogP contribution >= 0.6 is 0 Å². The van der Waals surface area contributed by atoms with Crippen LogP contribution in [0.1, 0.15) is 38.5 Å². The Hall–Kier alpha value is -1.55. The van der Waals surface area contributed by atoms with Gasteiger partial charge in [0.15, 0.2) is 0 Å². The Kier molecular flexibility index (Phi) is 5.87. The first-order valence-electron chi connectivity index (χ1n) is 7.43. The molecular formula is C16H24N2O2. The monoisotopic (exact) mass is 276 g/mol. The van der Waals surface area contributed by atoms with Crippen LogP contribution in [0.2, 0.25) is 0 Å². The second-order valence-electron chi connectivity index (χ2n) is 5.35. The lowest BCUT2D eigenvalue weighted by atomic mass is 10.2. The highest BCUT2D eigenvalue weighted by atomic mass is 16.5. The molecule has 0 bridgehead atoms. The number of benzene rings is 1. The SMILES string of the molecule is COCCCC(=O)Nc1cccc(NC2CCCC2)c1. The molecule has 1 amide bonds. The van der Waals surface area contributed by atoms with Crippen molar-refractivity contribution in [3.8, 4) is 0 Å². The lowest BCUT2D eigenvalue weighted by Gasteiger charge is -2.14. The average molecular weight is 276 g/mol. The minimum absolute atomic E-state index is 0.0417. The molecule has 20 heavy (non-hydrogen) atoms. The molecule has 0 unspecified atom stereocenters. The van der Waals surface area contributed by atoms with E-state index in [9.17, 15) is 4.79 Å². The largest absolute Gasteiger partial charge is 0.385 e. The predicted octanol–water partition coefficient (Wildman–Crippen LogP) is 3.41. The van der Waals surface area contributed by atoms with Crippen molar-refractivity contribution in [3.63, 3.8) is 0 Å². The van der Waals surface area contributed by atoms with Gasteiger partial charge in [0, 0.05) is 37.6 Å². The quantitative estimate of drug-likeness (QED) is 0.750. The first-order valence-corrected chi connectivity index (χ1v) is 7.43. The number of ether oxygens (including phenoxy) is 1. The zero-order valence-electron chi connectivity index (χ0n) is 12.2. The minimum atomic E-state index is 0.0417. The average Bonchev–Trinajstić information content (AvgIpc) is 2.92. The number of methoxy groups -OCH3 is 1. The molecule has 0 spiro atoms. The lowest BCUT2D eigenvalue weighted by molar-refractivity contribution is -0.116. The maximum atomic E-state index is 11.8. The number of hydrogen-bond donors (Lipinski definition) is 2. The molecule has 0 saturated heterocycles. The van der Waals surface area contributed by atoms with Crippen molar-refractivity contribution in [1.29, 1.82) is 0 Å². The van der Waals surface area contributed by atoms with Crippen LogP contribution in [0, 0.1) is 0 Å². The van der Waals surface area contributed by atoms with Gasteiger partial charge in [0.25, 0.3) is 0 Å². The van der Waals surface area contributed by atoms with Gasteiger partial charge in [-0.05, 0) is 37.5 Å². The summed E-state index contributed by atoms with van der Waals surface area (Å²) in [6, 6.07) is 8.55. The molecule has 1 fully saturated rings. The van der Waals surface area contributed by atoms with Crippen LogP contribution in [0.25, 0.3) is 0 Å². The highest BCUT2D eigenvalue weighted by Gasteiger charge is 2.14. The number of carbonyl (C=O) groups is 1. The number of rotatable bonds is 7.